The van der Waals surface area contributed by atoms with Crippen molar-refractivity contribution in [1.82, 2.24) is 14.8 Å². The number of nitriles is 1. The molecule has 1 fully saturated rings. The van der Waals surface area contributed by atoms with Gasteiger partial charge in [-0.05, 0) is 61.4 Å². The number of aryl methyl sites for hydroxylation is 2. The zero-order valence-electron chi connectivity index (χ0n) is 17.0. The quantitative estimate of drug-likeness (QED) is 0.464. The highest BCUT2D eigenvalue weighted by Crippen LogP contribution is 2.41. The molecule has 0 atom stereocenters. The minimum atomic E-state index is -0.0247. The number of aromatic nitrogens is 3. The van der Waals surface area contributed by atoms with Crippen molar-refractivity contribution in [3.8, 4) is 16.8 Å². The van der Waals surface area contributed by atoms with Gasteiger partial charge in [0.1, 0.15) is 0 Å². The molecule has 1 amide bonds. The summed E-state index contributed by atoms with van der Waals surface area (Å²) in [5.74, 6) is 1.12. The van der Waals surface area contributed by atoms with Crippen molar-refractivity contribution < 1.29 is 4.79 Å². The second-order valence-electron chi connectivity index (χ2n) is 7.47. The summed E-state index contributed by atoms with van der Waals surface area (Å²) in [6.07, 6.45) is 2.54. The average Bonchev–Trinajstić information content (AvgIpc) is 3.23. The Morgan fingerprint density at radius 2 is 2.07 bits per heavy atom. The van der Waals surface area contributed by atoms with Crippen molar-refractivity contribution in [2.45, 2.75) is 44.3 Å². The van der Waals surface area contributed by atoms with Crippen LogP contribution in [0.3, 0.4) is 0 Å². The summed E-state index contributed by atoms with van der Waals surface area (Å²) in [4.78, 5) is 15.9. The number of anilines is 1. The van der Waals surface area contributed by atoms with Gasteiger partial charge in [0.25, 0.3) is 0 Å². The van der Waals surface area contributed by atoms with Crippen LogP contribution in [-0.4, -0.2) is 33.0 Å². The molecule has 0 radical (unpaired) electrons. The highest BCUT2D eigenvalue weighted by atomic mass is 32.2. The summed E-state index contributed by atoms with van der Waals surface area (Å²) < 4.78 is 2.18. The molecule has 1 aromatic carbocycles. The van der Waals surface area contributed by atoms with Gasteiger partial charge in [0.15, 0.2) is 11.0 Å². The first-order valence-electron chi connectivity index (χ1n) is 9.94. The monoisotopic (exact) mass is 437 g/mol. The van der Waals surface area contributed by atoms with Crippen molar-refractivity contribution in [2.24, 2.45) is 0 Å². The molecule has 0 unspecified atom stereocenters. The number of carbonyl (C=O) groups excluding carboxylic acids is 1. The van der Waals surface area contributed by atoms with Crippen LogP contribution in [0.2, 0.25) is 0 Å². The molecule has 2 heterocycles. The Hall–Kier alpha value is -2.63. The summed E-state index contributed by atoms with van der Waals surface area (Å²) in [6.45, 7) is 4.42. The molecule has 4 rings (SSSR count). The van der Waals surface area contributed by atoms with Crippen LogP contribution in [-0.2, 0) is 4.79 Å². The number of hydrogen-bond donors (Lipinski definition) is 0. The van der Waals surface area contributed by atoms with Gasteiger partial charge in [0.2, 0.25) is 5.91 Å². The number of amides is 1. The van der Waals surface area contributed by atoms with Gasteiger partial charge < -0.3 is 4.90 Å². The Kier molecular flexibility index (Phi) is 6.21. The van der Waals surface area contributed by atoms with E-state index < -0.39 is 0 Å². The van der Waals surface area contributed by atoms with Gasteiger partial charge >= 0.3 is 0 Å². The molecule has 0 aliphatic heterocycles. The Bertz CT molecular complexity index is 1060. The standard InChI is InChI=1S/C22H23N5OS2/c1-15-11-16(2)13-18(12-15)26(9-4-8-23)20(28)14-30-22-25-24-21(19-5-3-10-29-19)27(22)17-6-7-17/h3,5,10-13,17H,4,6-7,9,14H2,1-2H3. The van der Waals surface area contributed by atoms with Gasteiger partial charge in [0.05, 0.1) is 23.1 Å². The van der Waals surface area contributed by atoms with Gasteiger partial charge in [-0.2, -0.15) is 5.26 Å². The van der Waals surface area contributed by atoms with Crippen molar-refractivity contribution in [2.75, 3.05) is 17.2 Å². The summed E-state index contributed by atoms with van der Waals surface area (Å²) >= 11 is 3.07. The lowest BCUT2D eigenvalue weighted by Crippen LogP contribution is -2.33. The Balaban J connectivity index is 1.53. The lowest BCUT2D eigenvalue weighted by Gasteiger charge is -2.22. The minimum Gasteiger partial charge on any atom is -0.311 e. The van der Waals surface area contributed by atoms with Gasteiger partial charge in [-0.3, -0.25) is 9.36 Å². The molecule has 8 heteroatoms. The number of rotatable bonds is 8. The fourth-order valence-electron chi connectivity index (χ4n) is 3.48. The Labute approximate surface area is 184 Å². The fraction of sp³-hybridized carbons (Fsp3) is 0.364. The highest BCUT2D eigenvalue weighted by Gasteiger charge is 2.31. The minimum absolute atomic E-state index is 0.0247. The number of nitrogens with zero attached hydrogens (tertiary/aromatic N) is 5. The van der Waals surface area contributed by atoms with Crippen LogP contribution in [0.4, 0.5) is 5.69 Å². The van der Waals surface area contributed by atoms with Crippen LogP contribution in [0.5, 0.6) is 0 Å². The second-order valence-corrected chi connectivity index (χ2v) is 9.36. The van der Waals surface area contributed by atoms with E-state index in [1.807, 2.05) is 37.4 Å². The summed E-state index contributed by atoms with van der Waals surface area (Å²) in [6, 6.07) is 12.7. The molecular weight excluding hydrogens is 414 g/mol. The van der Waals surface area contributed by atoms with E-state index in [-0.39, 0.29) is 11.7 Å². The van der Waals surface area contributed by atoms with E-state index in [9.17, 15) is 4.79 Å². The molecule has 0 N–H and O–H groups in total. The average molecular weight is 438 g/mol. The summed E-state index contributed by atoms with van der Waals surface area (Å²) in [7, 11) is 0. The normalized spacial score (nSPS) is 13.2. The van der Waals surface area contributed by atoms with E-state index in [1.54, 1.807) is 16.2 Å². The van der Waals surface area contributed by atoms with E-state index in [0.717, 1.165) is 45.5 Å². The molecule has 2 aromatic heterocycles. The van der Waals surface area contributed by atoms with Gasteiger partial charge in [-0.1, -0.05) is 23.9 Å². The first kappa shape index (κ1) is 20.6. The van der Waals surface area contributed by atoms with Crippen molar-refractivity contribution in [3.63, 3.8) is 0 Å². The first-order valence-corrected chi connectivity index (χ1v) is 11.8. The molecule has 1 aliphatic carbocycles. The van der Waals surface area contributed by atoms with E-state index in [1.165, 1.54) is 11.8 Å². The molecule has 154 valence electrons. The number of benzene rings is 1. The van der Waals surface area contributed by atoms with Crippen LogP contribution in [0.25, 0.3) is 10.7 Å². The van der Waals surface area contributed by atoms with Gasteiger partial charge in [-0.25, -0.2) is 0 Å². The lowest BCUT2D eigenvalue weighted by atomic mass is 10.1. The molecule has 0 saturated heterocycles. The molecule has 1 aliphatic rings. The molecule has 0 spiro atoms. The summed E-state index contributed by atoms with van der Waals surface area (Å²) in [5, 5.41) is 20.7. The maximum Gasteiger partial charge on any atom is 0.237 e. The van der Waals surface area contributed by atoms with E-state index in [2.05, 4.69) is 33.0 Å². The Morgan fingerprint density at radius 1 is 1.30 bits per heavy atom. The molecule has 6 nitrogen and oxygen atoms in total. The number of thioether (sulfide) groups is 1. The van der Waals surface area contributed by atoms with Crippen LogP contribution < -0.4 is 4.90 Å². The van der Waals surface area contributed by atoms with Crippen LogP contribution in [0, 0.1) is 25.2 Å². The predicted molar refractivity (Wildman–Crippen MR) is 121 cm³/mol. The molecule has 0 bridgehead atoms. The van der Waals surface area contributed by atoms with Crippen LogP contribution in [0.15, 0.2) is 40.9 Å². The lowest BCUT2D eigenvalue weighted by molar-refractivity contribution is -0.116. The SMILES string of the molecule is Cc1cc(C)cc(N(CCC#N)C(=O)CSc2nnc(-c3cccs3)n2C2CC2)c1. The smallest absolute Gasteiger partial charge is 0.237 e. The molecule has 30 heavy (non-hydrogen) atoms. The summed E-state index contributed by atoms with van der Waals surface area (Å²) in [5.41, 5.74) is 3.04. The number of hydrogen-bond acceptors (Lipinski definition) is 6. The maximum atomic E-state index is 13.1. The maximum absolute atomic E-state index is 13.1. The first-order chi connectivity index (χ1) is 14.6. The molecular formula is C22H23N5OS2. The number of carbonyl (C=O) groups is 1. The molecule has 1 saturated carbocycles. The highest BCUT2D eigenvalue weighted by molar-refractivity contribution is 7.99. The zero-order chi connectivity index (χ0) is 21.1. The van der Waals surface area contributed by atoms with Gasteiger partial charge in [0, 0.05) is 18.3 Å². The largest absolute Gasteiger partial charge is 0.311 e. The van der Waals surface area contributed by atoms with Gasteiger partial charge in [-0.15, -0.1) is 21.5 Å². The van der Waals surface area contributed by atoms with Crippen molar-refractivity contribution >= 4 is 34.7 Å². The fourth-order valence-corrected chi connectivity index (χ4v) is 5.07. The van der Waals surface area contributed by atoms with Crippen LogP contribution >= 0.6 is 23.1 Å². The van der Waals surface area contributed by atoms with Crippen molar-refractivity contribution in [1.29, 1.82) is 5.26 Å². The third kappa shape index (κ3) is 4.58. The number of thiophene rings is 1. The predicted octanol–water partition coefficient (Wildman–Crippen LogP) is 5.00. The zero-order valence-corrected chi connectivity index (χ0v) is 18.7. The topological polar surface area (TPSA) is 74.8 Å². The molecule has 3 aromatic rings. The van der Waals surface area contributed by atoms with E-state index >= 15 is 0 Å². The van der Waals surface area contributed by atoms with E-state index in [0.29, 0.717) is 19.0 Å². The van der Waals surface area contributed by atoms with Crippen molar-refractivity contribution in [3.05, 3.63) is 46.8 Å². The third-order valence-electron chi connectivity index (χ3n) is 4.91. The van der Waals surface area contributed by atoms with E-state index in [4.69, 9.17) is 5.26 Å². The Morgan fingerprint density at radius 3 is 2.70 bits per heavy atom. The second kappa shape index (κ2) is 9.02. The third-order valence-corrected chi connectivity index (χ3v) is 6.70. The van der Waals surface area contributed by atoms with Crippen LogP contribution in [0.1, 0.15) is 36.4 Å².